The first-order valence-corrected chi connectivity index (χ1v) is 12.5. The van der Waals surface area contributed by atoms with Crippen molar-refractivity contribution in [3.8, 4) is 0 Å². The molecule has 0 heterocycles. The molecular weight excluding hydrogens is 312 g/mol. The molecule has 0 rings (SSSR count). The Morgan fingerprint density at radius 3 is 1.12 bits per heavy atom. The maximum atomic E-state index is 3.99. The standard InChI is InChI=1S/C26H52/c1-4-7-9-11-13-15-16-18-20-22-25-26(23-6-3)24-21-19-17-14-12-10-8-5-2/h6,26H,3-5,7-25H2,1-2H3. The number of hydrogen-bond acceptors (Lipinski definition) is 0. The third kappa shape index (κ3) is 20.1. The highest BCUT2D eigenvalue weighted by molar-refractivity contribution is 4.73. The van der Waals surface area contributed by atoms with Crippen molar-refractivity contribution in [3.63, 3.8) is 0 Å². The molecule has 0 nitrogen and oxygen atoms in total. The summed E-state index contributed by atoms with van der Waals surface area (Å²) in [7, 11) is 0. The van der Waals surface area contributed by atoms with Gasteiger partial charge < -0.3 is 0 Å². The van der Waals surface area contributed by atoms with Gasteiger partial charge in [-0.1, -0.05) is 148 Å². The van der Waals surface area contributed by atoms with Crippen LogP contribution in [-0.2, 0) is 0 Å². The van der Waals surface area contributed by atoms with Gasteiger partial charge in [-0.2, -0.15) is 0 Å². The Kier molecular flexibility index (Phi) is 22.6. The van der Waals surface area contributed by atoms with Crippen LogP contribution in [0.1, 0.15) is 149 Å². The van der Waals surface area contributed by atoms with Gasteiger partial charge in [0.2, 0.25) is 0 Å². The van der Waals surface area contributed by atoms with Crippen molar-refractivity contribution in [2.75, 3.05) is 0 Å². The van der Waals surface area contributed by atoms with Gasteiger partial charge >= 0.3 is 0 Å². The van der Waals surface area contributed by atoms with Gasteiger partial charge in [0.1, 0.15) is 0 Å². The third-order valence-corrected chi connectivity index (χ3v) is 5.93. The summed E-state index contributed by atoms with van der Waals surface area (Å²) in [6.07, 6.45) is 32.3. The number of unbranched alkanes of at least 4 members (excludes halogenated alkanes) is 16. The Balaban J connectivity index is 3.43. The molecule has 156 valence electrons. The second-order valence-corrected chi connectivity index (χ2v) is 8.62. The van der Waals surface area contributed by atoms with Crippen LogP contribution in [0, 0.1) is 5.92 Å². The molecule has 0 aliphatic carbocycles. The molecule has 0 saturated heterocycles. The van der Waals surface area contributed by atoms with Gasteiger partial charge in [-0.3, -0.25) is 0 Å². The average Bonchev–Trinajstić information content (AvgIpc) is 2.65. The van der Waals surface area contributed by atoms with Gasteiger partial charge in [0, 0.05) is 0 Å². The molecule has 0 aliphatic rings. The van der Waals surface area contributed by atoms with Crippen LogP contribution in [0.4, 0.5) is 0 Å². The quantitative estimate of drug-likeness (QED) is 0.132. The molecule has 0 saturated carbocycles. The minimum absolute atomic E-state index is 0.918. The van der Waals surface area contributed by atoms with Crippen molar-refractivity contribution in [2.24, 2.45) is 5.92 Å². The van der Waals surface area contributed by atoms with Crippen molar-refractivity contribution in [1.82, 2.24) is 0 Å². The van der Waals surface area contributed by atoms with E-state index in [1.54, 1.807) is 0 Å². The lowest BCUT2D eigenvalue weighted by Crippen LogP contribution is -1.99. The lowest BCUT2D eigenvalue weighted by molar-refractivity contribution is 0.405. The summed E-state index contributed by atoms with van der Waals surface area (Å²) in [5, 5.41) is 0. The van der Waals surface area contributed by atoms with Crippen molar-refractivity contribution < 1.29 is 0 Å². The SMILES string of the molecule is C=CCC(CCCCCCCCCC)CCCCCCCCCCCC. The van der Waals surface area contributed by atoms with Crippen LogP contribution in [0.3, 0.4) is 0 Å². The van der Waals surface area contributed by atoms with Crippen LogP contribution < -0.4 is 0 Å². The smallest absolute Gasteiger partial charge is 0.0325 e. The normalized spacial score (nSPS) is 12.4. The van der Waals surface area contributed by atoms with Crippen LogP contribution in [0.2, 0.25) is 0 Å². The topological polar surface area (TPSA) is 0 Å². The Morgan fingerprint density at radius 2 is 0.808 bits per heavy atom. The molecule has 0 amide bonds. The molecule has 0 aliphatic heterocycles. The van der Waals surface area contributed by atoms with E-state index in [9.17, 15) is 0 Å². The van der Waals surface area contributed by atoms with E-state index in [1.807, 2.05) is 0 Å². The van der Waals surface area contributed by atoms with Gasteiger partial charge in [0.25, 0.3) is 0 Å². The molecule has 0 radical (unpaired) electrons. The fraction of sp³-hybridized carbons (Fsp3) is 0.923. The van der Waals surface area contributed by atoms with Gasteiger partial charge in [-0.05, 0) is 12.3 Å². The largest absolute Gasteiger partial charge is 0.103 e. The Hall–Kier alpha value is -0.260. The number of allylic oxidation sites excluding steroid dienone is 1. The minimum atomic E-state index is 0.918. The summed E-state index contributed by atoms with van der Waals surface area (Å²) in [6, 6.07) is 0. The van der Waals surface area contributed by atoms with E-state index in [4.69, 9.17) is 0 Å². The molecule has 26 heavy (non-hydrogen) atoms. The summed E-state index contributed by atoms with van der Waals surface area (Å²) >= 11 is 0. The zero-order chi connectivity index (χ0) is 19.1. The molecule has 1 unspecified atom stereocenters. The molecule has 0 N–H and O–H groups in total. The Morgan fingerprint density at radius 1 is 0.500 bits per heavy atom. The van der Waals surface area contributed by atoms with Crippen LogP contribution in [0.15, 0.2) is 12.7 Å². The van der Waals surface area contributed by atoms with E-state index in [0.717, 1.165) is 5.92 Å². The maximum absolute atomic E-state index is 3.99. The first-order chi connectivity index (χ1) is 12.8. The minimum Gasteiger partial charge on any atom is -0.103 e. The van der Waals surface area contributed by atoms with Crippen LogP contribution in [0.25, 0.3) is 0 Å². The summed E-state index contributed by atoms with van der Waals surface area (Å²) in [5.74, 6) is 0.918. The molecule has 0 aromatic rings. The van der Waals surface area contributed by atoms with Crippen molar-refractivity contribution in [2.45, 2.75) is 149 Å². The van der Waals surface area contributed by atoms with Crippen LogP contribution in [-0.4, -0.2) is 0 Å². The first kappa shape index (κ1) is 25.7. The van der Waals surface area contributed by atoms with Crippen molar-refractivity contribution in [1.29, 1.82) is 0 Å². The van der Waals surface area contributed by atoms with Crippen molar-refractivity contribution in [3.05, 3.63) is 12.7 Å². The highest BCUT2D eigenvalue weighted by Gasteiger charge is 2.06. The van der Waals surface area contributed by atoms with E-state index in [-0.39, 0.29) is 0 Å². The summed E-state index contributed by atoms with van der Waals surface area (Å²) in [5.41, 5.74) is 0. The van der Waals surface area contributed by atoms with E-state index >= 15 is 0 Å². The van der Waals surface area contributed by atoms with E-state index in [0.29, 0.717) is 0 Å². The first-order valence-electron chi connectivity index (χ1n) is 12.5. The summed E-state index contributed by atoms with van der Waals surface area (Å²) < 4.78 is 0. The predicted octanol–water partition coefficient (Wildman–Crippen LogP) is 10.0. The van der Waals surface area contributed by atoms with E-state index in [1.165, 1.54) is 135 Å². The maximum Gasteiger partial charge on any atom is -0.0325 e. The van der Waals surface area contributed by atoms with Crippen molar-refractivity contribution >= 4 is 0 Å². The molecule has 1 atom stereocenters. The van der Waals surface area contributed by atoms with E-state index in [2.05, 4.69) is 26.5 Å². The Labute approximate surface area is 167 Å². The van der Waals surface area contributed by atoms with Gasteiger partial charge in [-0.15, -0.1) is 6.58 Å². The highest BCUT2D eigenvalue weighted by atomic mass is 14.1. The molecular formula is C26H52. The lowest BCUT2D eigenvalue weighted by Gasteiger charge is -2.15. The van der Waals surface area contributed by atoms with Crippen LogP contribution >= 0.6 is 0 Å². The molecule has 0 aromatic carbocycles. The monoisotopic (exact) mass is 364 g/mol. The molecule has 0 bridgehead atoms. The zero-order valence-corrected chi connectivity index (χ0v) is 18.7. The zero-order valence-electron chi connectivity index (χ0n) is 18.7. The summed E-state index contributed by atoms with van der Waals surface area (Å²) in [4.78, 5) is 0. The molecule has 0 spiro atoms. The number of rotatable bonds is 22. The van der Waals surface area contributed by atoms with Gasteiger partial charge in [-0.25, -0.2) is 0 Å². The Bertz CT molecular complexity index is 255. The third-order valence-electron chi connectivity index (χ3n) is 5.93. The predicted molar refractivity (Wildman–Crippen MR) is 122 cm³/mol. The van der Waals surface area contributed by atoms with E-state index < -0.39 is 0 Å². The second-order valence-electron chi connectivity index (χ2n) is 8.62. The number of hydrogen-bond donors (Lipinski definition) is 0. The molecule has 0 aromatic heterocycles. The highest BCUT2D eigenvalue weighted by Crippen LogP contribution is 2.22. The summed E-state index contributed by atoms with van der Waals surface area (Å²) in [6.45, 7) is 8.59. The van der Waals surface area contributed by atoms with Gasteiger partial charge in [0.05, 0.1) is 0 Å². The van der Waals surface area contributed by atoms with Gasteiger partial charge in [0.15, 0.2) is 0 Å². The second kappa shape index (κ2) is 22.8. The lowest BCUT2D eigenvalue weighted by atomic mass is 9.91. The fourth-order valence-corrected chi connectivity index (χ4v) is 4.10. The average molecular weight is 365 g/mol. The van der Waals surface area contributed by atoms with Crippen LogP contribution in [0.5, 0.6) is 0 Å². The molecule has 0 heteroatoms. The molecule has 0 fully saturated rings. The fourth-order valence-electron chi connectivity index (χ4n) is 4.10.